The Morgan fingerprint density at radius 3 is 2.84 bits per heavy atom. The smallest absolute Gasteiger partial charge is 0.238 e. The maximum absolute atomic E-state index is 13.2. The van der Waals surface area contributed by atoms with Gasteiger partial charge in [0, 0.05) is 6.07 Å². The molecule has 2 rings (SSSR count). The number of benzene rings is 1. The van der Waals surface area contributed by atoms with Crippen molar-refractivity contribution in [3.05, 3.63) is 24.0 Å². The maximum Gasteiger partial charge on any atom is 0.238 e. The Kier molecular flexibility index (Phi) is 6.05. The lowest BCUT2D eigenvalue weighted by molar-refractivity contribution is -0.115. The number of amides is 1. The second-order valence-electron chi connectivity index (χ2n) is 4.47. The third-order valence-corrected chi connectivity index (χ3v) is 2.73. The fraction of sp³-hybridized carbons (Fsp3) is 0.462. The second kappa shape index (κ2) is 7.31. The number of hydrogen-bond donors (Lipinski definition) is 2. The van der Waals surface area contributed by atoms with E-state index in [2.05, 4.69) is 10.6 Å². The molecule has 4 nitrogen and oxygen atoms in total. The minimum Gasteiger partial charge on any atom is -0.491 e. The first-order valence-corrected chi connectivity index (χ1v) is 6.06. The Bertz CT molecular complexity index is 439. The Hall–Kier alpha value is -1.33. The summed E-state index contributed by atoms with van der Waals surface area (Å²) >= 11 is 0. The number of hydrogen-bond acceptors (Lipinski definition) is 3. The summed E-state index contributed by atoms with van der Waals surface area (Å²) in [5.74, 6) is 0.424. The molecule has 0 aromatic heterocycles. The summed E-state index contributed by atoms with van der Waals surface area (Å²) in [5, 5.41) is 5.44. The van der Waals surface area contributed by atoms with E-state index in [1.54, 1.807) is 7.05 Å². The summed E-state index contributed by atoms with van der Waals surface area (Å²) < 4.78 is 18.7. The lowest BCUT2D eigenvalue weighted by atomic mass is 10.2. The van der Waals surface area contributed by atoms with Gasteiger partial charge in [-0.3, -0.25) is 4.79 Å². The molecule has 0 radical (unpaired) electrons. The highest BCUT2D eigenvalue weighted by Crippen LogP contribution is 2.32. The molecule has 0 aliphatic heterocycles. The van der Waals surface area contributed by atoms with E-state index in [0.717, 1.165) is 12.8 Å². The van der Waals surface area contributed by atoms with E-state index in [0.29, 0.717) is 24.0 Å². The van der Waals surface area contributed by atoms with Crippen molar-refractivity contribution in [2.45, 2.75) is 12.8 Å². The normalized spacial score (nSPS) is 13.6. The second-order valence-corrected chi connectivity index (χ2v) is 4.47. The first kappa shape index (κ1) is 15.7. The van der Waals surface area contributed by atoms with Crippen molar-refractivity contribution in [3.63, 3.8) is 0 Å². The summed E-state index contributed by atoms with van der Waals surface area (Å²) in [5.41, 5.74) is 0.511. The third-order valence-electron chi connectivity index (χ3n) is 2.73. The quantitative estimate of drug-likeness (QED) is 0.844. The van der Waals surface area contributed by atoms with Crippen molar-refractivity contribution in [2.24, 2.45) is 5.92 Å². The summed E-state index contributed by atoms with van der Waals surface area (Å²) in [7, 11) is 1.69. The van der Waals surface area contributed by atoms with Gasteiger partial charge in [-0.15, -0.1) is 12.4 Å². The molecule has 0 unspecified atom stereocenters. The number of carbonyl (C=O) groups excluding carboxylic acids is 1. The van der Waals surface area contributed by atoms with E-state index in [-0.39, 0.29) is 30.7 Å². The van der Waals surface area contributed by atoms with E-state index in [1.807, 2.05) is 0 Å². The lowest BCUT2D eigenvalue weighted by Gasteiger charge is -2.12. The molecule has 1 aliphatic rings. The van der Waals surface area contributed by atoms with Crippen molar-refractivity contribution in [2.75, 3.05) is 25.5 Å². The van der Waals surface area contributed by atoms with E-state index < -0.39 is 0 Å². The monoisotopic (exact) mass is 288 g/mol. The average molecular weight is 289 g/mol. The van der Waals surface area contributed by atoms with Crippen LogP contribution in [0.4, 0.5) is 10.1 Å². The molecule has 0 heterocycles. The van der Waals surface area contributed by atoms with Gasteiger partial charge in [0.2, 0.25) is 5.91 Å². The van der Waals surface area contributed by atoms with Crippen LogP contribution in [0.5, 0.6) is 5.75 Å². The van der Waals surface area contributed by atoms with E-state index in [9.17, 15) is 9.18 Å². The van der Waals surface area contributed by atoms with Gasteiger partial charge in [0.15, 0.2) is 0 Å². The van der Waals surface area contributed by atoms with Crippen molar-refractivity contribution < 1.29 is 13.9 Å². The van der Waals surface area contributed by atoms with Crippen LogP contribution in [-0.4, -0.2) is 26.1 Å². The Morgan fingerprint density at radius 1 is 1.47 bits per heavy atom. The third kappa shape index (κ3) is 5.04. The van der Waals surface area contributed by atoms with Gasteiger partial charge in [0.25, 0.3) is 0 Å². The number of rotatable bonds is 6. The highest BCUT2D eigenvalue weighted by molar-refractivity contribution is 5.93. The Labute approximate surface area is 118 Å². The fourth-order valence-corrected chi connectivity index (χ4v) is 1.57. The minimum atomic E-state index is -0.368. The highest BCUT2D eigenvalue weighted by Gasteiger charge is 2.22. The van der Waals surface area contributed by atoms with Crippen LogP contribution in [0, 0.1) is 11.7 Å². The molecule has 1 aromatic rings. The van der Waals surface area contributed by atoms with Crippen LogP contribution in [0.15, 0.2) is 18.2 Å². The first-order valence-electron chi connectivity index (χ1n) is 6.06. The van der Waals surface area contributed by atoms with Crippen molar-refractivity contribution in [1.29, 1.82) is 0 Å². The molecule has 0 saturated heterocycles. The fourth-order valence-electron chi connectivity index (χ4n) is 1.57. The van der Waals surface area contributed by atoms with Gasteiger partial charge in [0.1, 0.15) is 11.6 Å². The number of ether oxygens (including phenoxy) is 1. The predicted molar refractivity (Wildman–Crippen MR) is 74.4 cm³/mol. The van der Waals surface area contributed by atoms with Crippen LogP contribution in [-0.2, 0) is 4.79 Å². The van der Waals surface area contributed by atoms with Crippen LogP contribution < -0.4 is 15.4 Å². The summed E-state index contributed by atoms with van der Waals surface area (Å²) in [4.78, 5) is 11.5. The van der Waals surface area contributed by atoms with E-state index >= 15 is 0 Å². The van der Waals surface area contributed by atoms with Gasteiger partial charge in [-0.2, -0.15) is 0 Å². The zero-order valence-corrected chi connectivity index (χ0v) is 11.6. The number of anilines is 1. The molecule has 0 bridgehead atoms. The first-order chi connectivity index (χ1) is 8.69. The summed E-state index contributed by atoms with van der Waals surface area (Å²) in [6.45, 7) is 0.789. The molecule has 1 saturated carbocycles. The topological polar surface area (TPSA) is 50.4 Å². The zero-order valence-electron chi connectivity index (χ0n) is 10.7. The van der Waals surface area contributed by atoms with Crippen LogP contribution in [0.2, 0.25) is 0 Å². The Balaban J connectivity index is 0.00000180. The van der Waals surface area contributed by atoms with Gasteiger partial charge in [-0.05, 0) is 37.9 Å². The molecule has 19 heavy (non-hydrogen) atoms. The molecule has 1 fully saturated rings. The van der Waals surface area contributed by atoms with Crippen LogP contribution in [0.25, 0.3) is 0 Å². The molecule has 0 spiro atoms. The predicted octanol–water partition coefficient (Wildman–Crippen LogP) is 2.19. The van der Waals surface area contributed by atoms with Gasteiger partial charge in [0.05, 0.1) is 18.8 Å². The van der Waals surface area contributed by atoms with Gasteiger partial charge in [-0.1, -0.05) is 0 Å². The molecule has 2 N–H and O–H groups in total. The highest BCUT2D eigenvalue weighted by atomic mass is 35.5. The van der Waals surface area contributed by atoms with Crippen LogP contribution in [0.1, 0.15) is 12.8 Å². The lowest BCUT2D eigenvalue weighted by Crippen LogP contribution is -2.25. The van der Waals surface area contributed by atoms with E-state index in [1.165, 1.54) is 18.2 Å². The minimum absolute atomic E-state index is 0. The molecule has 106 valence electrons. The molecular weight excluding hydrogens is 271 g/mol. The number of nitrogens with one attached hydrogen (secondary N) is 2. The molecule has 1 amide bonds. The van der Waals surface area contributed by atoms with Crippen LogP contribution >= 0.6 is 12.4 Å². The summed E-state index contributed by atoms with van der Waals surface area (Å²) in [6.07, 6.45) is 2.33. The molecule has 1 aromatic carbocycles. The number of halogens is 2. The zero-order chi connectivity index (χ0) is 13.0. The number of carbonyl (C=O) groups is 1. The SMILES string of the molecule is CNCC(=O)Nc1ccc(F)cc1OCC1CC1.Cl. The van der Waals surface area contributed by atoms with Crippen molar-refractivity contribution in [3.8, 4) is 5.75 Å². The standard InChI is InChI=1S/C13H17FN2O2.ClH/c1-15-7-13(17)16-11-5-4-10(14)6-12(11)18-8-9-2-3-9;/h4-6,9,15H,2-3,7-8H2,1H3,(H,16,17);1H. The van der Waals surface area contributed by atoms with Gasteiger partial charge >= 0.3 is 0 Å². The van der Waals surface area contributed by atoms with Crippen molar-refractivity contribution >= 4 is 24.0 Å². The van der Waals surface area contributed by atoms with Crippen LogP contribution in [0.3, 0.4) is 0 Å². The molecule has 0 atom stereocenters. The van der Waals surface area contributed by atoms with Gasteiger partial charge < -0.3 is 15.4 Å². The largest absolute Gasteiger partial charge is 0.491 e. The van der Waals surface area contributed by atoms with Gasteiger partial charge in [-0.25, -0.2) is 4.39 Å². The molecular formula is C13H18ClFN2O2. The molecule has 6 heteroatoms. The Morgan fingerprint density at radius 2 is 2.21 bits per heavy atom. The average Bonchev–Trinajstić information content (AvgIpc) is 3.14. The summed E-state index contributed by atoms with van der Waals surface area (Å²) in [6, 6.07) is 4.13. The number of likely N-dealkylation sites (N-methyl/N-ethyl adjacent to an activating group) is 1. The molecule has 1 aliphatic carbocycles. The van der Waals surface area contributed by atoms with Crippen molar-refractivity contribution in [1.82, 2.24) is 5.32 Å². The maximum atomic E-state index is 13.2. The van der Waals surface area contributed by atoms with E-state index in [4.69, 9.17) is 4.74 Å².